The number of hydrogen-bond donors (Lipinski definition) is 2. The number of anilines is 1. The van der Waals surface area contributed by atoms with Gasteiger partial charge in [-0.3, -0.25) is 4.79 Å². The zero-order valence-corrected chi connectivity index (χ0v) is 24.2. The first-order valence-electron chi connectivity index (χ1n) is 14.3. The largest absolute Gasteiger partial charge is 0.493 e. The molecule has 5 rings (SSSR count). The number of sulfone groups is 1. The summed E-state index contributed by atoms with van der Waals surface area (Å²) in [6.45, 7) is 2.05. The number of likely N-dealkylation sites (tertiary alicyclic amines) is 1. The SMILES string of the molecule is CNC1CCN(C(=O)[C@H]2CC[C@H](Nc3nccc(-n4ccc5c(OCCCS(C)(=O)=O)cccc54)n3)CC2)CC1. The number of nitrogens with zero attached hydrogens (tertiary/aromatic N) is 4. The molecule has 1 amide bonds. The average molecular weight is 569 g/mol. The summed E-state index contributed by atoms with van der Waals surface area (Å²) in [5, 5.41) is 7.76. The number of carbonyl (C=O) groups is 1. The summed E-state index contributed by atoms with van der Waals surface area (Å²) in [4.78, 5) is 24.4. The van der Waals surface area contributed by atoms with Gasteiger partial charge in [-0.25, -0.2) is 13.4 Å². The van der Waals surface area contributed by atoms with Crippen LogP contribution in [0, 0.1) is 5.92 Å². The number of nitrogens with one attached hydrogen (secondary N) is 2. The molecule has 1 aliphatic heterocycles. The molecule has 0 radical (unpaired) electrons. The van der Waals surface area contributed by atoms with Gasteiger partial charge >= 0.3 is 0 Å². The summed E-state index contributed by atoms with van der Waals surface area (Å²) in [6.07, 6.45) is 11.1. The molecule has 3 aromatic rings. The van der Waals surface area contributed by atoms with Crippen molar-refractivity contribution < 1.29 is 17.9 Å². The second-order valence-electron chi connectivity index (χ2n) is 11.0. The first kappa shape index (κ1) is 28.4. The Kier molecular flexibility index (Phi) is 8.90. The van der Waals surface area contributed by atoms with E-state index in [1.165, 1.54) is 6.26 Å². The minimum Gasteiger partial charge on any atom is -0.493 e. The highest BCUT2D eigenvalue weighted by Crippen LogP contribution is 2.30. The van der Waals surface area contributed by atoms with Gasteiger partial charge in [0.15, 0.2) is 0 Å². The molecule has 1 aromatic carbocycles. The number of aromatic nitrogens is 3. The Bertz CT molecular complexity index is 1410. The maximum absolute atomic E-state index is 13.1. The molecule has 3 heterocycles. The number of fused-ring (bicyclic) bond motifs is 1. The Hall–Kier alpha value is -3.18. The summed E-state index contributed by atoms with van der Waals surface area (Å²) in [5.41, 5.74) is 0.947. The third kappa shape index (κ3) is 6.93. The van der Waals surface area contributed by atoms with Crippen LogP contribution in [0.25, 0.3) is 16.7 Å². The van der Waals surface area contributed by atoms with E-state index in [0.29, 0.717) is 30.9 Å². The van der Waals surface area contributed by atoms with Crippen LogP contribution in [0.5, 0.6) is 5.75 Å². The first-order valence-corrected chi connectivity index (χ1v) is 16.3. The van der Waals surface area contributed by atoms with Crippen LogP contribution < -0.4 is 15.4 Å². The third-order valence-corrected chi connectivity index (χ3v) is 9.15. The molecule has 0 spiro atoms. The normalized spacial score (nSPS) is 20.5. The van der Waals surface area contributed by atoms with Gasteiger partial charge in [0.1, 0.15) is 21.4 Å². The predicted molar refractivity (Wildman–Crippen MR) is 157 cm³/mol. The summed E-state index contributed by atoms with van der Waals surface area (Å²) in [5.74, 6) is 2.59. The molecule has 10 nitrogen and oxygen atoms in total. The van der Waals surface area contributed by atoms with Crippen LogP contribution in [0.2, 0.25) is 0 Å². The smallest absolute Gasteiger partial charge is 0.225 e. The number of benzene rings is 1. The van der Waals surface area contributed by atoms with Crippen LogP contribution in [-0.2, 0) is 14.6 Å². The van der Waals surface area contributed by atoms with Crippen molar-refractivity contribution >= 4 is 32.6 Å². The van der Waals surface area contributed by atoms with Gasteiger partial charge < -0.3 is 24.8 Å². The molecule has 0 bridgehead atoms. The number of ether oxygens (including phenoxy) is 1. The van der Waals surface area contributed by atoms with Gasteiger partial charge in [-0.1, -0.05) is 6.07 Å². The highest BCUT2D eigenvalue weighted by atomic mass is 32.2. The van der Waals surface area contributed by atoms with Gasteiger partial charge in [-0.05, 0) is 76.3 Å². The van der Waals surface area contributed by atoms with Crippen molar-refractivity contribution in [3.8, 4) is 11.6 Å². The second kappa shape index (κ2) is 12.6. The van der Waals surface area contributed by atoms with Crippen molar-refractivity contribution in [2.45, 2.75) is 57.0 Å². The summed E-state index contributed by atoms with van der Waals surface area (Å²) in [6, 6.07) is 10.4. The van der Waals surface area contributed by atoms with Gasteiger partial charge in [0, 0.05) is 55.1 Å². The molecule has 1 saturated heterocycles. The van der Waals surface area contributed by atoms with Crippen LogP contribution in [-0.4, -0.2) is 84.6 Å². The van der Waals surface area contributed by atoms with Crippen LogP contribution >= 0.6 is 0 Å². The van der Waals surface area contributed by atoms with Crippen molar-refractivity contribution in [2.24, 2.45) is 5.92 Å². The monoisotopic (exact) mass is 568 g/mol. The van der Waals surface area contributed by atoms with Crippen LogP contribution in [0.15, 0.2) is 42.7 Å². The lowest BCUT2D eigenvalue weighted by Crippen LogP contribution is -2.46. The number of carbonyl (C=O) groups excluding carboxylic acids is 1. The van der Waals surface area contributed by atoms with E-state index in [2.05, 4.69) is 20.5 Å². The van der Waals surface area contributed by atoms with E-state index >= 15 is 0 Å². The summed E-state index contributed by atoms with van der Waals surface area (Å²) >= 11 is 0. The molecule has 40 heavy (non-hydrogen) atoms. The van der Waals surface area contributed by atoms with Crippen LogP contribution in [0.3, 0.4) is 0 Å². The van der Waals surface area contributed by atoms with Crippen molar-refractivity contribution in [1.82, 2.24) is 24.8 Å². The second-order valence-corrected chi connectivity index (χ2v) is 13.3. The fraction of sp³-hybridized carbons (Fsp3) is 0.552. The lowest BCUT2D eigenvalue weighted by atomic mass is 9.84. The molecular formula is C29H40N6O4S. The standard InChI is InChI=1S/C29H40N6O4S/c1-30-22-12-16-34(17-13-22)28(36)21-7-9-23(10-8-21)32-29-31-15-11-27(33-29)35-18-14-24-25(35)5-3-6-26(24)39-19-4-20-40(2,37)38/h3,5-6,11,14-15,18,21-23,30H,4,7-10,12-13,16-17,19-20H2,1-2H3,(H,31,32,33)/t21-,23-. The average Bonchev–Trinajstić information content (AvgIpc) is 3.40. The minimum absolute atomic E-state index is 0.106. The molecular weight excluding hydrogens is 528 g/mol. The van der Waals surface area contributed by atoms with E-state index in [9.17, 15) is 13.2 Å². The fourth-order valence-electron chi connectivity index (χ4n) is 5.84. The van der Waals surface area contributed by atoms with Gasteiger partial charge in [0.25, 0.3) is 0 Å². The Morgan fingerprint density at radius 2 is 1.82 bits per heavy atom. The van der Waals surface area contributed by atoms with Crippen LogP contribution in [0.4, 0.5) is 5.95 Å². The van der Waals surface area contributed by atoms with E-state index in [0.717, 1.165) is 74.1 Å². The molecule has 1 saturated carbocycles. The zero-order chi connectivity index (χ0) is 28.1. The van der Waals surface area contributed by atoms with E-state index in [4.69, 9.17) is 9.72 Å². The molecule has 2 aliphatic rings. The lowest BCUT2D eigenvalue weighted by Gasteiger charge is -2.36. The topological polar surface area (TPSA) is 118 Å². The molecule has 2 aromatic heterocycles. The van der Waals surface area contributed by atoms with Gasteiger partial charge in [0.05, 0.1) is 17.9 Å². The van der Waals surface area contributed by atoms with Gasteiger partial charge in [-0.2, -0.15) is 4.98 Å². The van der Waals surface area contributed by atoms with Crippen molar-refractivity contribution in [3.63, 3.8) is 0 Å². The van der Waals surface area contributed by atoms with E-state index in [1.807, 2.05) is 48.1 Å². The highest BCUT2D eigenvalue weighted by Gasteiger charge is 2.31. The maximum atomic E-state index is 13.1. The lowest BCUT2D eigenvalue weighted by molar-refractivity contribution is -0.137. The van der Waals surface area contributed by atoms with Gasteiger partial charge in [0.2, 0.25) is 11.9 Å². The first-order chi connectivity index (χ1) is 19.3. The molecule has 216 valence electrons. The quantitative estimate of drug-likeness (QED) is 0.357. The summed E-state index contributed by atoms with van der Waals surface area (Å²) in [7, 11) is -1.01. The summed E-state index contributed by atoms with van der Waals surface area (Å²) < 4.78 is 30.7. The van der Waals surface area contributed by atoms with Crippen molar-refractivity contribution in [2.75, 3.05) is 44.1 Å². The molecule has 11 heteroatoms. The zero-order valence-electron chi connectivity index (χ0n) is 23.4. The van der Waals surface area contributed by atoms with Crippen molar-refractivity contribution in [1.29, 1.82) is 0 Å². The molecule has 2 fully saturated rings. The number of piperidine rings is 1. The highest BCUT2D eigenvalue weighted by molar-refractivity contribution is 7.90. The fourth-order valence-corrected chi connectivity index (χ4v) is 6.48. The number of rotatable bonds is 10. The maximum Gasteiger partial charge on any atom is 0.225 e. The Morgan fingerprint density at radius 3 is 2.55 bits per heavy atom. The van der Waals surface area contributed by atoms with Crippen LogP contribution in [0.1, 0.15) is 44.9 Å². The van der Waals surface area contributed by atoms with E-state index in [-0.39, 0.29) is 17.7 Å². The van der Waals surface area contributed by atoms with E-state index in [1.54, 1.807) is 6.20 Å². The van der Waals surface area contributed by atoms with Gasteiger partial charge in [-0.15, -0.1) is 0 Å². The molecule has 1 aliphatic carbocycles. The van der Waals surface area contributed by atoms with E-state index < -0.39 is 9.84 Å². The Balaban J connectivity index is 1.18. The predicted octanol–water partition coefficient (Wildman–Crippen LogP) is 3.42. The number of hydrogen-bond acceptors (Lipinski definition) is 8. The molecule has 0 atom stereocenters. The number of amides is 1. The van der Waals surface area contributed by atoms with Crippen molar-refractivity contribution in [3.05, 3.63) is 42.7 Å². The molecule has 0 unspecified atom stereocenters. The Morgan fingerprint density at radius 1 is 1.05 bits per heavy atom. The third-order valence-electron chi connectivity index (χ3n) is 8.12. The molecule has 2 N–H and O–H groups in total. The Labute approximate surface area is 236 Å². The minimum atomic E-state index is -3.01.